The number of anilines is 2. The Balaban J connectivity index is 2.10. The number of hydrogen-bond donors (Lipinski definition) is 3. The molecule has 0 bridgehead atoms. The fraction of sp³-hybridized carbons (Fsp3) is 0.125. The second kappa shape index (κ2) is 4.43. The van der Waals surface area contributed by atoms with E-state index < -0.39 is 10.0 Å². The molecule has 0 aliphatic carbocycles. The number of imidazole rings is 1. The van der Waals surface area contributed by atoms with E-state index in [-0.39, 0.29) is 16.9 Å². The first kappa shape index (κ1) is 12.8. The minimum absolute atomic E-state index is 0.0283. The summed E-state index contributed by atoms with van der Waals surface area (Å²) in [7, 11) is -3.98. The molecule has 20 heavy (non-hydrogen) atoms. The van der Waals surface area contributed by atoms with Crippen LogP contribution in [0.2, 0.25) is 0 Å². The molecule has 3 heterocycles. The van der Waals surface area contributed by atoms with Gasteiger partial charge in [-0.15, -0.1) is 11.3 Å². The fourth-order valence-electron chi connectivity index (χ4n) is 1.62. The number of rotatable bonds is 4. The number of hydrazine groups is 1. The molecule has 0 fully saturated rings. The van der Waals surface area contributed by atoms with Crippen LogP contribution in [0.25, 0.3) is 4.96 Å². The molecule has 4 N–H and O–H groups in total. The van der Waals surface area contributed by atoms with E-state index in [1.54, 1.807) is 18.5 Å². The van der Waals surface area contributed by atoms with Gasteiger partial charge >= 0.3 is 6.01 Å². The smallest absolute Gasteiger partial charge is 0.314 e. The molecule has 106 valence electrons. The van der Waals surface area contributed by atoms with E-state index in [9.17, 15) is 8.42 Å². The van der Waals surface area contributed by atoms with E-state index >= 15 is 0 Å². The SMILES string of the molecule is Cc1noc(NS(=O)(=O)c2c(NN)nc3sccn23)n1. The van der Waals surface area contributed by atoms with Gasteiger partial charge in [0.25, 0.3) is 10.0 Å². The number of sulfonamides is 1. The normalized spacial score (nSPS) is 11.9. The van der Waals surface area contributed by atoms with Gasteiger partial charge in [0.1, 0.15) is 0 Å². The van der Waals surface area contributed by atoms with Gasteiger partial charge in [0.15, 0.2) is 16.6 Å². The summed E-state index contributed by atoms with van der Waals surface area (Å²) in [6.07, 6.45) is 1.57. The van der Waals surface area contributed by atoms with Crippen molar-refractivity contribution in [3.05, 3.63) is 17.4 Å². The van der Waals surface area contributed by atoms with Crippen molar-refractivity contribution in [2.24, 2.45) is 5.84 Å². The predicted octanol–water partition coefficient (Wildman–Crippen LogP) is 0.174. The second-order valence-electron chi connectivity index (χ2n) is 3.72. The molecule has 0 unspecified atom stereocenters. The molecule has 3 aromatic heterocycles. The van der Waals surface area contributed by atoms with Crippen molar-refractivity contribution in [2.45, 2.75) is 11.9 Å². The average molecular weight is 315 g/mol. The Hall–Kier alpha value is -2.18. The molecule has 0 aliphatic rings. The molecule has 0 aromatic carbocycles. The van der Waals surface area contributed by atoms with Crippen LogP contribution in [0, 0.1) is 6.92 Å². The van der Waals surface area contributed by atoms with Gasteiger partial charge in [-0.3, -0.25) is 4.40 Å². The zero-order chi connectivity index (χ0) is 14.3. The lowest BCUT2D eigenvalue weighted by molar-refractivity contribution is 0.429. The maximum atomic E-state index is 12.4. The summed E-state index contributed by atoms with van der Waals surface area (Å²) in [4.78, 5) is 8.33. The number of thiazole rings is 1. The molecule has 0 saturated heterocycles. The van der Waals surface area contributed by atoms with Crippen LogP contribution in [0.1, 0.15) is 5.82 Å². The van der Waals surface area contributed by atoms with E-state index in [0.29, 0.717) is 10.8 Å². The number of nitrogens with one attached hydrogen (secondary N) is 2. The van der Waals surface area contributed by atoms with Crippen molar-refractivity contribution in [3.63, 3.8) is 0 Å². The third kappa shape index (κ3) is 1.99. The number of nitrogen functional groups attached to an aromatic ring is 1. The molecule has 0 saturated carbocycles. The summed E-state index contributed by atoms with van der Waals surface area (Å²) >= 11 is 1.28. The molecule has 0 radical (unpaired) electrons. The summed E-state index contributed by atoms with van der Waals surface area (Å²) in [6, 6.07) is -0.226. The van der Waals surface area contributed by atoms with Crippen molar-refractivity contribution in [1.29, 1.82) is 0 Å². The first-order valence-corrected chi connectivity index (χ1v) is 7.63. The molecular formula is C8H9N7O3S2. The van der Waals surface area contributed by atoms with Crippen LogP contribution in [-0.2, 0) is 10.0 Å². The summed E-state index contributed by atoms with van der Waals surface area (Å²) in [6.45, 7) is 1.57. The molecular weight excluding hydrogens is 306 g/mol. The van der Waals surface area contributed by atoms with Crippen LogP contribution in [-0.4, -0.2) is 27.9 Å². The van der Waals surface area contributed by atoms with Gasteiger partial charge in [0, 0.05) is 11.6 Å². The van der Waals surface area contributed by atoms with Gasteiger partial charge in [0.2, 0.25) is 5.03 Å². The lowest BCUT2D eigenvalue weighted by Crippen LogP contribution is -2.19. The third-order valence-electron chi connectivity index (χ3n) is 2.36. The van der Waals surface area contributed by atoms with Crippen LogP contribution < -0.4 is 16.0 Å². The number of nitrogens with zero attached hydrogens (tertiary/aromatic N) is 4. The Bertz CT molecular complexity index is 862. The molecule has 3 aromatic rings. The predicted molar refractivity (Wildman–Crippen MR) is 70.7 cm³/mol. The van der Waals surface area contributed by atoms with Crippen LogP contribution in [0.5, 0.6) is 0 Å². The Kier molecular flexibility index (Phi) is 2.84. The highest BCUT2D eigenvalue weighted by Crippen LogP contribution is 2.26. The first-order chi connectivity index (χ1) is 9.51. The van der Waals surface area contributed by atoms with E-state index in [2.05, 4.69) is 25.3 Å². The third-order valence-corrected chi connectivity index (χ3v) is 4.46. The molecule has 0 spiro atoms. The largest absolute Gasteiger partial charge is 0.335 e. The van der Waals surface area contributed by atoms with Gasteiger partial charge in [0.05, 0.1) is 0 Å². The molecule has 0 aliphatic heterocycles. The summed E-state index contributed by atoms with van der Waals surface area (Å²) in [5, 5.41) is 5.08. The summed E-state index contributed by atoms with van der Waals surface area (Å²) in [5.74, 6) is 5.65. The Labute approximate surface area is 116 Å². The van der Waals surface area contributed by atoms with Gasteiger partial charge in [-0.1, -0.05) is 5.16 Å². The quantitative estimate of drug-likeness (QED) is 0.457. The van der Waals surface area contributed by atoms with E-state index in [1.807, 2.05) is 0 Å². The number of aryl methyl sites for hydroxylation is 1. The van der Waals surface area contributed by atoms with Gasteiger partial charge in [-0.05, 0) is 6.92 Å². The number of fused-ring (bicyclic) bond motifs is 1. The standard InChI is InChI=1S/C8H9N7O3S2/c1-4-10-7(18-13-4)14-20(16,17)6-5(12-9)11-8-15(6)2-3-19-8/h2-3,12H,9H2,1H3,(H,10,13,14). The average Bonchev–Trinajstić information content (AvgIpc) is 3.02. The Morgan fingerprint density at radius 2 is 2.25 bits per heavy atom. The van der Waals surface area contributed by atoms with Crippen LogP contribution >= 0.6 is 11.3 Å². The van der Waals surface area contributed by atoms with Crippen LogP contribution in [0.3, 0.4) is 0 Å². The Morgan fingerprint density at radius 3 is 2.90 bits per heavy atom. The topological polar surface area (TPSA) is 140 Å². The Morgan fingerprint density at radius 1 is 1.45 bits per heavy atom. The highest BCUT2D eigenvalue weighted by Gasteiger charge is 2.27. The van der Waals surface area contributed by atoms with E-state index in [0.717, 1.165) is 0 Å². The summed E-state index contributed by atoms with van der Waals surface area (Å²) in [5.41, 5.74) is 2.26. The first-order valence-electron chi connectivity index (χ1n) is 5.26. The number of nitrogens with two attached hydrogens (primary N) is 1. The van der Waals surface area contributed by atoms with Gasteiger partial charge in [-0.25, -0.2) is 10.6 Å². The van der Waals surface area contributed by atoms with Gasteiger partial charge < -0.3 is 9.95 Å². The fourth-order valence-corrected chi connectivity index (χ4v) is 3.56. The van der Waals surface area contributed by atoms with E-state index in [4.69, 9.17) is 10.4 Å². The van der Waals surface area contributed by atoms with Crippen molar-refractivity contribution >= 4 is 38.2 Å². The lowest BCUT2D eigenvalue weighted by atomic mass is 10.7. The zero-order valence-electron chi connectivity index (χ0n) is 10.1. The second-order valence-corrected chi connectivity index (χ2v) is 6.19. The number of aromatic nitrogens is 4. The maximum absolute atomic E-state index is 12.4. The van der Waals surface area contributed by atoms with Crippen molar-refractivity contribution in [1.82, 2.24) is 19.5 Å². The van der Waals surface area contributed by atoms with Crippen LogP contribution in [0.4, 0.5) is 11.8 Å². The minimum atomic E-state index is -3.98. The maximum Gasteiger partial charge on any atom is 0.335 e. The molecule has 3 rings (SSSR count). The lowest BCUT2D eigenvalue weighted by Gasteiger charge is -2.04. The molecule has 0 atom stereocenters. The van der Waals surface area contributed by atoms with Crippen LogP contribution in [0.15, 0.2) is 21.1 Å². The van der Waals surface area contributed by atoms with Crippen molar-refractivity contribution in [3.8, 4) is 0 Å². The van der Waals surface area contributed by atoms with E-state index in [1.165, 1.54) is 15.7 Å². The number of hydrogen-bond acceptors (Lipinski definition) is 9. The highest BCUT2D eigenvalue weighted by atomic mass is 32.2. The monoisotopic (exact) mass is 315 g/mol. The molecule has 12 heteroatoms. The highest BCUT2D eigenvalue weighted by molar-refractivity contribution is 7.92. The minimum Gasteiger partial charge on any atom is -0.314 e. The van der Waals surface area contributed by atoms with Gasteiger partial charge in [-0.2, -0.15) is 18.4 Å². The molecule has 0 amide bonds. The summed E-state index contributed by atoms with van der Waals surface area (Å²) < 4.78 is 33.1. The van der Waals surface area contributed by atoms with Crippen molar-refractivity contribution in [2.75, 3.05) is 10.1 Å². The zero-order valence-corrected chi connectivity index (χ0v) is 11.7. The molecule has 10 nitrogen and oxygen atoms in total. The van der Waals surface area contributed by atoms with Crippen molar-refractivity contribution < 1.29 is 12.9 Å².